The van der Waals surface area contributed by atoms with Crippen LogP contribution in [0.3, 0.4) is 0 Å². The van der Waals surface area contributed by atoms with Gasteiger partial charge in [-0.1, -0.05) is 0 Å². The molecule has 30 heavy (non-hydrogen) atoms. The van der Waals surface area contributed by atoms with E-state index in [0.717, 1.165) is 0 Å². The van der Waals surface area contributed by atoms with Gasteiger partial charge in [0, 0.05) is 39.3 Å². The lowest BCUT2D eigenvalue weighted by Crippen LogP contribution is -2.70. The Morgan fingerprint density at radius 2 is 1.37 bits per heavy atom. The van der Waals surface area contributed by atoms with E-state index in [-0.39, 0.29) is 32.7 Å². The maximum Gasteiger partial charge on any atom is 0.317 e. The number of hydrogen-bond acceptors (Lipinski definition) is 10. The first-order chi connectivity index (χ1) is 14.2. The molecule has 0 aliphatic carbocycles. The fourth-order valence-corrected chi connectivity index (χ4v) is 3.75. The number of carboxylic acid groups (broad SMARTS) is 3. The van der Waals surface area contributed by atoms with Crippen LogP contribution in [0.15, 0.2) is 0 Å². The molecule has 1 saturated heterocycles. The molecule has 1 aliphatic heterocycles. The van der Waals surface area contributed by atoms with Gasteiger partial charge in [-0.05, 0) is 0 Å². The van der Waals surface area contributed by atoms with E-state index in [1.54, 1.807) is 4.90 Å². The van der Waals surface area contributed by atoms with Crippen LogP contribution in [-0.4, -0.2) is 154 Å². The molecule has 1 fully saturated rings. The fourth-order valence-electron chi connectivity index (χ4n) is 3.75. The SMILES string of the molecule is O=C(O)CN1CCNCCN(CC(=O)O)C(CO)(CO)C(CO)N(CC(=O)O)CC1. The van der Waals surface area contributed by atoms with Crippen LogP contribution in [0.4, 0.5) is 0 Å². The monoisotopic (exact) mass is 436 g/mol. The van der Waals surface area contributed by atoms with Gasteiger partial charge in [0.15, 0.2) is 0 Å². The predicted octanol–water partition coefficient (Wildman–Crippen LogP) is -4.17. The van der Waals surface area contributed by atoms with E-state index in [1.807, 2.05) is 0 Å². The summed E-state index contributed by atoms with van der Waals surface area (Å²) in [5.74, 6) is -3.47. The largest absolute Gasteiger partial charge is 0.480 e. The number of aliphatic hydroxyl groups excluding tert-OH is 3. The van der Waals surface area contributed by atoms with E-state index in [0.29, 0.717) is 13.1 Å². The van der Waals surface area contributed by atoms with Crippen molar-refractivity contribution >= 4 is 17.9 Å². The molecule has 174 valence electrons. The topological polar surface area (TPSA) is 194 Å². The molecule has 1 heterocycles. The van der Waals surface area contributed by atoms with Gasteiger partial charge in [0.05, 0.1) is 51.0 Å². The Kier molecular flexibility index (Phi) is 11.1. The Bertz CT molecular complexity index is 573. The molecule has 13 heteroatoms. The molecule has 0 saturated carbocycles. The van der Waals surface area contributed by atoms with Gasteiger partial charge in [-0.25, -0.2) is 0 Å². The second kappa shape index (κ2) is 12.7. The highest BCUT2D eigenvalue weighted by Crippen LogP contribution is 2.24. The van der Waals surface area contributed by atoms with Crippen LogP contribution in [0, 0.1) is 0 Å². The van der Waals surface area contributed by atoms with Gasteiger partial charge in [0.25, 0.3) is 0 Å². The van der Waals surface area contributed by atoms with E-state index < -0.39 is 62.4 Å². The lowest BCUT2D eigenvalue weighted by Gasteiger charge is -2.49. The number of nitrogens with zero attached hydrogens (tertiary/aromatic N) is 3. The molecule has 13 nitrogen and oxygen atoms in total. The number of carbonyl (C=O) groups is 3. The highest BCUT2D eigenvalue weighted by Gasteiger charge is 2.46. The summed E-state index contributed by atoms with van der Waals surface area (Å²) in [4.78, 5) is 38.2. The summed E-state index contributed by atoms with van der Waals surface area (Å²) in [6, 6.07) is -1.12. The molecule has 7 N–H and O–H groups in total. The van der Waals surface area contributed by atoms with Crippen molar-refractivity contribution in [3.8, 4) is 0 Å². The van der Waals surface area contributed by atoms with Crippen LogP contribution < -0.4 is 5.32 Å². The summed E-state index contributed by atoms with van der Waals surface area (Å²) in [6.45, 7) is -2.15. The van der Waals surface area contributed by atoms with E-state index in [1.165, 1.54) is 9.80 Å². The predicted molar refractivity (Wildman–Crippen MR) is 103 cm³/mol. The molecule has 0 radical (unpaired) electrons. The van der Waals surface area contributed by atoms with Crippen molar-refractivity contribution in [3.05, 3.63) is 0 Å². The minimum atomic E-state index is -1.64. The zero-order valence-electron chi connectivity index (χ0n) is 16.8. The average Bonchev–Trinajstić information content (AvgIpc) is 2.66. The zero-order chi connectivity index (χ0) is 22.7. The number of aliphatic carboxylic acids is 3. The molecule has 0 amide bonds. The van der Waals surface area contributed by atoms with Crippen LogP contribution in [-0.2, 0) is 14.4 Å². The van der Waals surface area contributed by atoms with Crippen LogP contribution in [0.2, 0.25) is 0 Å². The second-order valence-corrected chi connectivity index (χ2v) is 7.22. The molecular weight excluding hydrogens is 404 g/mol. The number of carboxylic acids is 3. The normalized spacial score (nSPS) is 22.7. The van der Waals surface area contributed by atoms with Crippen LogP contribution in [0.25, 0.3) is 0 Å². The van der Waals surface area contributed by atoms with E-state index in [2.05, 4.69) is 5.32 Å². The molecule has 1 rings (SSSR count). The zero-order valence-corrected chi connectivity index (χ0v) is 16.8. The van der Waals surface area contributed by atoms with Crippen molar-refractivity contribution in [1.82, 2.24) is 20.0 Å². The van der Waals surface area contributed by atoms with E-state index >= 15 is 0 Å². The van der Waals surface area contributed by atoms with Gasteiger partial charge in [0.1, 0.15) is 0 Å². The van der Waals surface area contributed by atoms with Crippen LogP contribution >= 0.6 is 0 Å². The molecule has 1 unspecified atom stereocenters. The number of aliphatic hydroxyl groups is 3. The van der Waals surface area contributed by atoms with Crippen molar-refractivity contribution < 1.29 is 45.0 Å². The smallest absolute Gasteiger partial charge is 0.317 e. The third-order valence-corrected chi connectivity index (χ3v) is 5.30. The Morgan fingerprint density at radius 3 is 1.87 bits per heavy atom. The van der Waals surface area contributed by atoms with Crippen LogP contribution in [0.1, 0.15) is 0 Å². The van der Waals surface area contributed by atoms with Gasteiger partial charge >= 0.3 is 17.9 Å². The molecule has 0 aromatic heterocycles. The maximum atomic E-state index is 11.4. The highest BCUT2D eigenvalue weighted by atomic mass is 16.4. The van der Waals surface area contributed by atoms with Crippen molar-refractivity contribution in [3.63, 3.8) is 0 Å². The number of hydrogen-bond donors (Lipinski definition) is 7. The molecule has 1 atom stereocenters. The van der Waals surface area contributed by atoms with Crippen molar-refractivity contribution in [2.75, 3.05) is 78.7 Å². The Labute approximate surface area is 174 Å². The summed E-state index contributed by atoms with van der Waals surface area (Å²) >= 11 is 0. The van der Waals surface area contributed by atoms with Gasteiger partial charge in [0.2, 0.25) is 0 Å². The van der Waals surface area contributed by atoms with Gasteiger partial charge in [-0.2, -0.15) is 0 Å². The second-order valence-electron chi connectivity index (χ2n) is 7.22. The standard InChI is InChI=1S/C17H32N4O9/c22-10-13-17(11-23,12-24)21(9-16(29)30)4-2-18-1-3-19(7-14(25)26)5-6-20(13)8-15(27)28/h13,18,22-24H,1-12H2,(H,25,26)(H,27,28)(H,29,30). The highest BCUT2D eigenvalue weighted by molar-refractivity contribution is 5.70. The minimum Gasteiger partial charge on any atom is -0.480 e. The van der Waals surface area contributed by atoms with Crippen molar-refractivity contribution in [2.24, 2.45) is 0 Å². The fraction of sp³-hybridized carbons (Fsp3) is 0.824. The Balaban J connectivity index is 3.34. The molecule has 0 aromatic rings. The van der Waals surface area contributed by atoms with Crippen molar-refractivity contribution in [1.29, 1.82) is 0 Å². The lowest BCUT2D eigenvalue weighted by atomic mass is 9.87. The third kappa shape index (κ3) is 7.43. The molecule has 0 aromatic carbocycles. The summed E-state index contributed by atoms with van der Waals surface area (Å²) in [5, 5.41) is 61.2. The summed E-state index contributed by atoms with van der Waals surface area (Å²) < 4.78 is 0. The first-order valence-electron chi connectivity index (χ1n) is 9.60. The first kappa shape index (κ1) is 26.2. The van der Waals surface area contributed by atoms with Crippen molar-refractivity contribution in [2.45, 2.75) is 11.6 Å². The summed E-state index contributed by atoms with van der Waals surface area (Å²) in [5.41, 5.74) is -1.64. The van der Waals surface area contributed by atoms with Gasteiger partial charge in [-0.3, -0.25) is 29.1 Å². The van der Waals surface area contributed by atoms with E-state index in [4.69, 9.17) is 5.11 Å². The summed E-state index contributed by atoms with van der Waals surface area (Å²) in [6.07, 6.45) is 0. The third-order valence-electron chi connectivity index (χ3n) is 5.30. The quantitative estimate of drug-likeness (QED) is 0.184. The first-order valence-corrected chi connectivity index (χ1v) is 9.60. The Morgan fingerprint density at radius 1 is 0.800 bits per heavy atom. The molecule has 0 spiro atoms. The maximum absolute atomic E-state index is 11.4. The van der Waals surface area contributed by atoms with Crippen LogP contribution in [0.5, 0.6) is 0 Å². The van der Waals surface area contributed by atoms with E-state index in [9.17, 15) is 39.9 Å². The number of nitrogens with one attached hydrogen (secondary N) is 1. The molecular formula is C17H32N4O9. The lowest BCUT2D eigenvalue weighted by molar-refractivity contribution is -0.149. The van der Waals surface area contributed by atoms with Gasteiger partial charge in [-0.15, -0.1) is 0 Å². The average molecular weight is 436 g/mol. The molecule has 0 bridgehead atoms. The van der Waals surface area contributed by atoms with Gasteiger partial charge < -0.3 is 36.0 Å². The molecule has 1 aliphatic rings. The number of rotatable bonds is 9. The summed E-state index contributed by atoms with van der Waals surface area (Å²) in [7, 11) is 0. The Hall–Kier alpha value is -1.87. The minimum absolute atomic E-state index is 0.0213.